The molecule has 2 aromatic carbocycles. The summed E-state index contributed by atoms with van der Waals surface area (Å²) in [6, 6.07) is 11.6. The molecule has 0 heterocycles. The molecule has 1 atom stereocenters. The zero-order valence-corrected chi connectivity index (χ0v) is 22.0. The molecule has 0 aliphatic rings. The fourth-order valence-corrected chi connectivity index (χ4v) is 4.65. The van der Waals surface area contributed by atoms with E-state index in [-0.39, 0.29) is 23.9 Å². The molecular formula is C25H35N3O6S. The van der Waals surface area contributed by atoms with Crippen molar-refractivity contribution in [1.29, 1.82) is 0 Å². The quantitative estimate of drug-likeness (QED) is 0.476. The van der Waals surface area contributed by atoms with Crippen molar-refractivity contribution in [2.24, 2.45) is 0 Å². The lowest BCUT2D eigenvalue weighted by atomic mass is 10.1. The van der Waals surface area contributed by atoms with E-state index in [1.807, 2.05) is 38.1 Å². The lowest BCUT2D eigenvalue weighted by Gasteiger charge is -2.33. The summed E-state index contributed by atoms with van der Waals surface area (Å²) in [4.78, 5) is 28.0. The van der Waals surface area contributed by atoms with Gasteiger partial charge in [-0.3, -0.25) is 13.9 Å². The number of methoxy groups -OCH3 is 2. The average molecular weight is 506 g/mol. The van der Waals surface area contributed by atoms with Crippen LogP contribution in [0.1, 0.15) is 31.4 Å². The van der Waals surface area contributed by atoms with E-state index in [9.17, 15) is 18.0 Å². The van der Waals surface area contributed by atoms with Gasteiger partial charge in [-0.15, -0.1) is 0 Å². The Labute approximate surface area is 208 Å². The number of benzene rings is 2. The lowest BCUT2D eigenvalue weighted by molar-refractivity contribution is -0.140. The number of nitrogens with one attached hydrogen (secondary N) is 1. The molecule has 192 valence electrons. The molecule has 10 heteroatoms. The van der Waals surface area contributed by atoms with E-state index < -0.39 is 28.5 Å². The Bertz CT molecular complexity index is 1140. The minimum Gasteiger partial charge on any atom is -0.497 e. The molecular weight excluding hydrogens is 470 g/mol. The molecule has 2 amide bonds. The first-order chi connectivity index (χ1) is 16.5. The van der Waals surface area contributed by atoms with Gasteiger partial charge in [0, 0.05) is 19.2 Å². The average Bonchev–Trinajstić information content (AvgIpc) is 2.81. The first kappa shape index (κ1) is 28.0. The number of rotatable bonds is 12. The fourth-order valence-electron chi connectivity index (χ4n) is 3.81. The first-order valence-electron chi connectivity index (χ1n) is 11.4. The summed E-state index contributed by atoms with van der Waals surface area (Å²) in [5.74, 6) is -0.127. The van der Waals surface area contributed by atoms with E-state index in [4.69, 9.17) is 9.47 Å². The number of ether oxygens (including phenoxy) is 2. The molecule has 0 fully saturated rings. The van der Waals surface area contributed by atoms with Crippen LogP contribution in [0.25, 0.3) is 0 Å². The van der Waals surface area contributed by atoms with Crippen LogP contribution < -0.4 is 19.1 Å². The Morgan fingerprint density at radius 2 is 1.77 bits per heavy atom. The Balaban J connectivity index is 2.52. The van der Waals surface area contributed by atoms with Gasteiger partial charge in [0.05, 0.1) is 26.2 Å². The van der Waals surface area contributed by atoms with E-state index in [0.717, 1.165) is 21.7 Å². The van der Waals surface area contributed by atoms with E-state index in [1.165, 1.54) is 25.2 Å². The van der Waals surface area contributed by atoms with Crippen LogP contribution in [0, 0.1) is 6.92 Å². The van der Waals surface area contributed by atoms with Gasteiger partial charge in [-0.05, 0) is 38.0 Å². The van der Waals surface area contributed by atoms with Crippen molar-refractivity contribution in [1.82, 2.24) is 10.2 Å². The van der Waals surface area contributed by atoms with Crippen LogP contribution in [0.5, 0.6) is 11.5 Å². The minimum atomic E-state index is -3.90. The monoisotopic (exact) mass is 505 g/mol. The predicted molar refractivity (Wildman–Crippen MR) is 136 cm³/mol. The molecule has 0 saturated heterocycles. The minimum absolute atomic E-state index is 0.156. The topological polar surface area (TPSA) is 105 Å². The molecule has 0 bridgehead atoms. The van der Waals surface area contributed by atoms with E-state index in [1.54, 1.807) is 19.1 Å². The molecule has 0 saturated carbocycles. The molecule has 0 aliphatic carbocycles. The summed E-state index contributed by atoms with van der Waals surface area (Å²) >= 11 is 0. The summed E-state index contributed by atoms with van der Waals surface area (Å²) in [6.07, 6.45) is 1.38. The Morgan fingerprint density at radius 3 is 2.31 bits per heavy atom. The number of carbonyl (C=O) groups excluding carboxylic acids is 2. The Morgan fingerprint density at radius 1 is 1.06 bits per heavy atom. The molecule has 0 spiro atoms. The van der Waals surface area contributed by atoms with Gasteiger partial charge in [0.1, 0.15) is 24.1 Å². The van der Waals surface area contributed by atoms with Crippen molar-refractivity contribution >= 4 is 27.5 Å². The standard InChI is InChI=1S/C25H35N3O6S/c1-7-21(25(30)26-8-2)27(16-19-11-9-10-18(3)14-19)24(29)17-28(35(6,31)32)22-15-20(33-4)12-13-23(22)34-5/h9-15,21H,7-8,16-17H2,1-6H3,(H,26,30)/t21-/m1/s1. The highest BCUT2D eigenvalue weighted by Crippen LogP contribution is 2.34. The fraction of sp³-hybridized carbons (Fsp3) is 0.440. The lowest BCUT2D eigenvalue weighted by Crippen LogP contribution is -2.52. The molecule has 0 radical (unpaired) electrons. The van der Waals surface area contributed by atoms with Crippen molar-refractivity contribution < 1.29 is 27.5 Å². The van der Waals surface area contributed by atoms with Crippen LogP contribution in [0.15, 0.2) is 42.5 Å². The van der Waals surface area contributed by atoms with Crippen molar-refractivity contribution in [3.05, 3.63) is 53.6 Å². The largest absolute Gasteiger partial charge is 0.497 e. The SMILES string of the molecule is CCNC(=O)[C@@H](CC)N(Cc1cccc(C)c1)C(=O)CN(c1cc(OC)ccc1OC)S(C)(=O)=O. The van der Waals surface area contributed by atoms with Crippen molar-refractivity contribution in [3.8, 4) is 11.5 Å². The normalized spacial score (nSPS) is 11.9. The molecule has 35 heavy (non-hydrogen) atoms. The maximum absolute atomic E-state index is 13.7. The number of nitrogens with zero attached hydrogens (tertiary/aromatic N) is 2. The Kier molecular flexibility index (Phi) is 9.94. The van der Waals surface area contributed by atoms with E-state index >= 15 is 0 Å². The van der Waals surface area contributed by atoms with Gasteiger partial charge in [-0.2, -0.15) is 0 Å². The molecule has 2 rings (SSSR count). The first-order valence-corrected chi connectivity index (χ1v) is 13.2. The molecule has 2 aromatic rings. The number of aryl methyl sites for hydroxylation is 1. The number of sulfonamides is 1. The zero-order chi connectivity index (χ0) is 26.2. The third-order valence-electron chi connectivity index (χ3n) is 5.51. The van der Waals surface area contributed by atoms with Crippen LogP contribution in [-0.4, -0.2) is 64.7 Å². The molecule has 0 aliphatic heterocycles. The number of likely N-dealkylation sites (N-methyl/N-ethyl adjacent to an activating group) is 1. The molecule has 1 N–H and O–H groups in total. The molecule has 9 nitrogen and oxygen atoms in total. The highest BCUT2D eigenvalue weighted by molar-refractivity contribution is 7.92. The maximum Gasteiger partial charge on any atom is 0.244 e. The van der Waals surface area contributed by atoms with Crippen LogP contribution in [-0.2, 0) is 26.2 Å². The number of anilines is 1. The van der Waals surface area contributed by atoms with E-state index in [0.29, 0.717) is 18.7 Å². The van der Waals surface area contributed by atoms with Crippen LogP contribution >= 0.6 is 0 Å². The number of amides is 2. The van der Waals surface area contributed by atoms with Gasteiger partial charge in [0.2, 0.25) is 21.8 Å². The molecule has 0 aromatic heterocycles. The van der Waals surface area contributed by atoms with Gasteiger partial charge in [-0.25, -0.2) is 8.42 Å². The van der Waals surface area contributed by atoms with Crippen molar-refractivity contribution in [3.63, 3.8) is 0 Å². The highest BCUT2D eigenvalue weighted by Gasteiger charge is 2.32. The number of hydrogen-bond acceptors (Lipinski definition) is 6. The third-order valence-corrected chi connectivity index (χ3v) is 6.63. The van der Waals surface area contributed by atoms with Gasteiger partial charge in [0.15, 0.2) is 0 Å². The van der Waals surface area contributed by atoms with Crippen LogP contribution in [0.4, 0.5) is 5.69 Å². The third kappa shape index (κ3) is 7.35. The van der Waals surface area contributed by atoms with Gasteiger partial charge in [-0.1, -0.05) is 36.8 Å². The summed E-state index contributed by atoms with van der Waals surface area (Å²) in [7, 11) is -1.02. The summed E-state index contributed by atoms with van der Waals surface area (Å²) in [5, 5.41) is 2.78. The van der Waals surface area contributed by atoms with Gasteiger partial charge < -0.3 is 19.7 Å². The zero-order valence-electron chi connectivity index (χ0n) is 21.2. The summed E-state index contributed by atoms with van der Waals surface area (Å²) < 4.78 is 37.2. The second-order valence-electron chi connectivity index (χ2n) is 8.14. The van der Waals surface area contributed by atoms with Crippen LogP contribution in [0.3, 0.4) is 0 Å². The second kappa shape index (κ2) is 12.4. The van der Waals surface area contributed by atoms with Crippen molar-refractivity contribution in [2.75, 3.05) is 37.9 Å². The summed E-state index contributed by atoms with van der Waals surface area (Å²) in [5.41, 5.74) is 2.02. The predicted octanol–water partition coefficient (Wildman–Crippen LogP) is 2.72. The van der Waals surface area contributed by atoms with Crippen LogP contribution in [0.2, 0.25) is 0 Å². The van der Waals surface area contributed by atoms with Gasteiger partial charge >= 0.3 is 0 Å². The highest BCUT2D eigenvalue weighted by atomic mass is 32.2. The number of hydrogen-bond donors (Lipinski definition) is 1. The second-order valence-corrected chi connectivity index (χ2v) is 10.0. The molecule has 0 unspecified atom stereocenters. The number of carbonyl (C=O) groups is 2. The summed E-state index contributed by atoms with van der Waals surface area (Å²) in [6.45, 7) is 5.62. The van der Waals surface area contributed by atoms with E-state index in [2.05, 4.69) is 5.32 Å². The Hall–Kier alpha value is -3.27. The van der Waals surface area contributed by atoms with Gasteiger partial charge in [0.25, 0.3) is 0 Å². The maximum atomic E-state index is 13.7. The van der Waals surface area contributed by atoms with Crippen molar-refractivity contribution in [2.45, 2.75) is 39.8 Å². The smallest absolute Gasteiger partial charge is 0.244 e.